The van der Waals surface area contributed by atoms with Crippen LogP contribution in [0.25, 0.3) is 0 Å². The molecule has 14 nitrogen and oxygen atoms in total. The zero-order valence-electron chi connectivity index (χ0n) is 10.1. The second-order valence-corrected chi connectivity index (χ2v) is 5.02. The van der Waals surface area contributed by atoms with E-state index in [0.29, 0.717) is 0 Å². The first-order valence-electron chi connectivity index (χ1n) is 2.69. The summed E-state index contributed by atoms with van der Waals surface area (Å²) in [6.07, 6.45) is 0. The van der Waals surface area contributed by atoms with Gasteiger partial charge in [0, 0.05) is 0 Å². The van der Waals surface area contributed by atoms with Crippen molar-refractivity contribution >= 4 is 15.6 Å². The average Bonchev–Trinajstić information content (AvgIpc) is 1.99. The summed E-state index contributed by atoms with van der Waals surface area (Å²) in [6, 6.07) is 0. The molecule has 0 saturated carbocycles. The molecule has 0 rings (SSSR count). The normalized spacial score (nSPS) is 7.10. The van der Waals surface area contributed by atoms with E-state index in [0.717, 1.165) is 0 Å². The molecule has 0 N–H and O–H groups in total. The third-order valence-electron chi connectivity index (χ3n) is 0. The van der Waals surface area contributed by atoms with Crippen molar-refractivity contribution < 1.29 is 188 Å². The summed E-state index contributed by atoms with van der Waals surface area (Å²) in [5.41, 5.74) is 0. The Hall–Kier alpha value is 3.81. The standard InChI is InChI=1S/K.2H3O4P.6O.3U.H/c;2*1-5(2,3)4;;;;;;;;;;/h;2*(H3,1,2,3,4);;;;;;;;;;/q+1;;;;;;;;;3*+2;-1/p-6. The average molecular weight is 1040 g/mol. The molecule has 0 aliphatic rings. The molecule has 0 unspecified atom stereocenters. The van der Waals surface area contributed by atoms with Crippen LogP contribution >= 0.6 is 15.6 Å². The number of hydrogen-bond acceptors (Lipinski definition) is 14. The van der Waals surface area contributed by atoms with Gasteiger partial charge in [0.05, 0.1) is 0 Å². The molecule has 0 aliphatic carbocycles. The second-order valence-electron chi connectivity index (χ2n) is 1.14. The van der Waals surface area contributed by atoms with Crippen LogP contribution in [0.15, 0.2) is 0 Å². The predicted molar refractivity (Wildman–Crippen MR) is 20.4 cm³/mol. The van der Waals surface area contributed by atoms with Gasteiger partial charge in [-0.05, 0) is 0 Å². The van der Waals surface area contributed by atoms with E-state index in [2.05, 4.69) is 0 Å². The molecular formula is HKO14P2U3. The summed E-state index contributed by atoms with van der Waals surface area (Å²) in [5, 5.41) is 0. The third-order valence-corrected chi connectivity index (χ3v) is 0. The summed E-state index contributed by atoms with van der Waals surface area (Å²) in [5.74, 6) is 0. The van der Waals surface area contributed by atoms with Crippen molar-refractivity contribution in [1.82, 2.24) is 0 Å². The van der Waals surface area contributed by atoms with Gasteiger partial charge in [-0.25, -0.2) is 0 Å². The molecule has 0 atom stereocenters. The van der Waals surface area contributed by atoms with Gasteiger partial charge in [-0.1, -0.05) is 0 Å². The van der Waals surface area contributed by atoms with Gasteiger partial charge in [-0.3, -0.25) is 0 Å². The van der Waals surface area contributed by atoms with Gasteiger partial charge in [-0.2, -0.15) is 15.6 Å². The minimum absolute atomic E-state index is 0. The minimum atomic E-state index is -5.39. The molecule has 0 aromatic heterocycles. The first kappa shape index (κ1) is 39.1. The van der Waals surface area contributed by atoms with Gasteiger partial charge in [0.1, 0.15) is 0 Å². The predicted octanol–water partition coefficient (Wildman–Crippen LogP) is -9.25. The van der Waals surface area contributed by atoms with E-state index in [1.54, 1.807) is 0 Å². The summed E-state index contributed by atoms with van der Waals surface area (Å²) in [4.78, 5) is 51.3. The summed E-state index contributed by atoms with van der Waals surface area (Å²) in [6.45, 7) is 0. The quantitative estimate of drug-likeness (QED) is 0.161. The van der Waals surface area contributed by atoms with Crippen molar-refractivity contribution in [3.8, 4) is 0 Å². The van der Waals surface area contributed by atoms with Gasteiger partial charge in [0.2, 0.25) is 0 Å². The zero-order chi connectivity index (χ0) is 17.1. The molecule has 0 fully saturated rings. The number of rotatable bonds is 0. The zero-order valence-corrected chi connectivity index (χ0v) is 26.5. The van der Waals surface area contributed by atoms with Crippen LogP contribution in [0.2, 0.25) is 0 Å². The third kappa shape index (κ3) is 650. The fourth-order valence-electron chi connectivity index (χ4n) is 0. The Morgan fingerprint density at radius 1 is 0.550 bits per heavy atom. The monoisotopic (exact) mass is 1040 g/mol. The maximum absolute atomic E-state index is 8.58. The molecular weight excluding hydrogens is 1040 g/mol. The van der Waals surface area contributed by atoms with E-state index in [-0.39, 0.29) is 52.8 Å². The topological polar surface area (TPSA) is 275 Å². The maximum atomic E-state index is 8.58. The van der Waals surface area contributed by atoms with Crippen molar-refractivity contribution in [2.24, 2.45) is 0 Å². The Labute approximate surface area is 199 Å². The Morgan fingerprint density at radius 2 is 0.550 bits per heavy atom. The number of hydrogen-bond donors (Lipinski definition) is 0. The van der Waals surface area contributed by atoms with E-state index in [1.807, 2.05) is 0 Å². The van der Waals surface area contributed by atoms with Crippen molar-refractivity contribution in [3.05, 3.63) is 0 Å². The van der Waals surface area contributed by atoms with E-state index in [4.69, 9.17) is 51.9 Å². The Kier molecular flexibility index (Phi) is 59.9. The molecule has 0 spiro atoms. The first-order valence-corrected chi connectivity index (χ1v) is 15.8. The Morgan fingerprint density at radius 3 is 0.550 bits per heavy atom. The molecule has 20 heteroatoms. The van der Waals surface area contributed by atoms with Crippen LogP contribution in [0, 0.1) is 83.5 Å². The van der Waals surface area contributed by atoms with E-state index < -0.39 is 99.1 Å². The second kappa shape index (κ2) is 30.7. The van der Waals surface area contributed by atoms with Crippen LogP contribution in [0.5, 0.6) is 0 Å². The fraction of sp³-hybridized carbons (Fsp3) is 0. The summed E-state index contributed by atoms with van der Waals surface area (Å²) < 4.78 is 68.6. The SMILES string of the molecule is O=P([O-])([O-])[O-].O=P([O-])([O-])[O-].[H-].[K+].[O]=[U+2]=[O].[O]=[U+2]=[O].[O]=[U+2]=[O]. The van der Waals surface area contributed by atoms with Crippen molar-refractivity contribution in [2.75, 3.05) is 0 Å². The summed E-state index contributed by atoms with van der Waals surface area (Å²) in [7, 11) is -10.8. The van der Waals surface area contributed by atoms with Crippen LogP contribution in [0.4, 0.5) is 0 Å². The molecule has 0 amide bonds. The molecule has 0 radical (unpaired) electrons. The van der Waals surface area contributed by atoms with Crippen molar-refractivity contribution in [2.45, 2.75) is 0 Å². The molecule has 0 bridgehead atoms. The van der Waals surface area contributed by atoms with Crippen LogP contribution in [0.3, 0.4) is 0 Å². The molecule has 0 aliphatic heterocycles. The van der Waals surface area contributed by atoms with Gasteiger partial charge >= 0.3 is 148 Å². The van der Waals surface area contributed by atoms with E-state index in [9.17, 15) is 0 Å². The summed E-state index contributed by atoms with van der Waals surface area (Å²) >= 11 is -7.52. The molecule has 20 heavy (non-hydrogen) atoms. The van der Waals surface area contributed by atoms with Gasteiger partial charge in [-0.15, -0.1) is 0 Å². The molecule has 0 aromatic rings. The Balaban J connectivity index is -0.0000000233. The van der Waals surface area contributed by atoms with Gasteiger partial charge in [0.25, 0.3) is 0 Å². The van der Waals surface area contributed by atoms with Crippen LogP contribution in [0.1, 0.15) is 1.43 Å². The van der Waals surface area contributed by atoms with E-state index in [1.165, 1.54) is 0 Å². The van der Waals surface area contributed by atoms with Crippen LogP contribution in [-0.2, 0) is 22.5 Å². The van der Waals surface area contributed by atoms with E-state index >= 15 is 0 Å². The van der Waals surface area contributed by atoms with Crippen LogP contribution < -0.4 is 80.7 Å². The number of phosphoric acid groups is 2. The molecule has 108 valence electrons. The molecule has 0 aromatic carbocycles. The van der Waals surface area contributed by atoms with Gasteiger partial charge < -0.3 is 39.9 Å². The van der Waals surface area contributed by atoms with Crippen LogP contribution in [-0.4, -0.2) is 0 Å². The molecule has 0 saturated heterocycles. The van der Waals surface area contributed by atoms with Crippen molar-refractivity contribution in [1.29, 1.82) is 0 Å². The van der Waals surface area contributed by atoms with Crippen molar-refractivity contribution in [3.63, 3.8) is 0 Å². The fourth-order valence-corrected chi connectivity index (χ4v) is 0. The Bertz CT molecular complexity index is 312. The molecule has 0 heterocycles. The van der Waals surface area contributed by atoms with Gasteiger partial charge in [0.15, 0.2) is 0 Å². The first-order chi connectivity index (χ1) is 8.24.